The van der Waals surface area contributed by atoms with Crippen LogP contribution in [0, 0.1) is 11.7 Å². The highest BCUT2D eigenvalue weighted by atomic mass is 19.4. The first-order valence-electron chi connectivity index (χ1n) is 12.8. The van der Waals surface area contributed by atoms with Crippen LogP contribution >= 0.6 is 0 Å². The largest absolute Gasteiger partial charge is 0.472 e. The van der Waals surface area contributed by atoms with E-state index in [-0.39, 0.29) is 30.3 Å². The third kappa shape index (κ3) is 4.88. The van der Waals surface area contributed by atoms with Gasteiger partial charge in [-0.2, -0.15) is 13.2 Å². The maximum Gasteiger partial charge on any atom is 0.421 e. The second-order valence-corrected chi connectivity index (χ2v) is 10.1. The fourth-order valence-corrected chi connectivity index (χ4v) is 6.00. The van der Waals surface area contributed by atoms with Gasteiger partial charge in [-0.05, 0) is 68.5 Å². The van der Waals surface area contributed by atoms with E-state index >= 15 is 0 Å². The summed E-state index contributed by atoms with van der Waals surface area (Å²) in [6, 6.07) is 11.1. The van der Waals surface area contributed by atoms with Gasteiger partial charge in [-0.3, -0.25) is 5.32 Å². The minimum atomic E-state index is -4.60. The molecule has 2 amide bonds. The lowest BCUT2D eigenvalue weighted by atomic mass is 9.75. The predicted octanol–water partition coefficient (Wildman–Crippen LogP) is 5.84. The van der Waals surface area contributed by atoms with Gasteiger partial charge in [0.05, 0.1) is 12.1 Å². The molecule has 1 saturated carbocycles. The van der Waals surface area contributed by atoms with E-state index < -0.39 is 35.4 Å². The van der Waals surface area contributed by atoms with E-state index in [0.29, 0.717) is 18.7 Å². The normalized spacial score (nSPS) is 28.4. The number of urea groups is 1. The number of piperidine rings is 1. The molecular formula is C27H31F4N3O3. The van der Waals surface area contributed by atoms with Crippen LogP contribution in [0.2, 0.25) is 0 Å². The van der Waals surface area contributed by atoms with Crippen molar-refractivity contribution in [2.45, 2.75) is 68.5 Å². The first-order valence-corrected chi connectivity index (χ1v) is 12.8. The summed E-state index contributed by atoms with van der Waals surface area (Å²) in [4.78, 5) is 13.2. The molecule has 0 spiro atoms. The van der Waals surface area contributed by atoms with Gasteiger partial charge < -0.3 is 20.1 Å². The minimum absolute atomic E-state index is 0.0205. The lowest BCUT2D eigenvalue weighted by Gasteiger charge is -2.49. The Morgan fingerprint density at radius 1 is 1.03 bits per heavy atom. The molecule has 6 nitrogen and oxygen atoms in total. The Hall–Kier alpha value is -2.85. The molecule has 200 valence electrons. The monoisotopic (exact) mass is 521 g/mol. The van der Waals surface area contributed by atoms with Crippen LogP contribution in [0.25, 0.3) is 0 Å². The van der Waals surface area contributed by atoms with E-state index in [0.717, 1.165) is 32.1 Å². The van der Waals surface area contributed by atoms with Crippen LogP contribution in [-0.2, 0) is 10.3 Å². The van der Waals surface area contributed by atoms with Gasteiger partial charge in [0.15, 0.2) is 11.8 Å². The Bertz CT molecular complexity index is 1100. The lowest BCUT2D eigenvalue weighted by Crippen LogP contribution is -2.69. The molecule has 10 heteroatoms. The van der Waals surface area contributed by atoms with Gasteiger partial charge in [-0.25, -0.2) is 9.18 Å². The smallest absolute Gasteiger partial charge is 0.421 e. The molecule has 2 aromatic carbocycles. The number of amides is 2. The first-order chi connectivity index (χ1) is 17.7. The van der Waals surface area contributed by atoms with Gasteiger partial charge in [0, 0.05) is 17.7 Å². The van der Waals surface area contributed by atoms with Crippen LogP contribution in [0.1, 0.15) is 50.5 Å². The highest BCUT2D eigenvalue weighted by molar-refractivity contribution is 5.89. The number of para-hydroxylation sites is 1. The molecule has 3 N–H and O–H groups in total. The number of nitrogens with one attached hydrogen (secondary N) is 3. The van der Waals surface area contributed by atoms with E-state index in [1.165, 1.54) is 36.4 Å². The zero-order valence-corrected chi connectivity index (χ0v) is 20.4. The van der Waals surface area contributed by atoms with Crippen molar-refractivity contribution in [3.8, 4) is 5.75 Å². The van der Waals surface area contributed by atoms with E-state index in [1.807, 2.05) is 0 Å². The quantitative estimate of drug-likeness (QED) is 0.418. The Morgan fingerprint density at radius 2 is 1.73 bits per heavy atom. The Morgan fingerprint density at radius 3 is 2.38 bits per heavy atom. The lowest BCUT2D eigenvalue weighted by molar-refractivity contribution is -0.334. The molecule has 5 rings (SSSR count). The summed E-state index contributed by atoms with van der Waals surface area (Å²) in [6.07, 6.45) is -0.411. The van der Waals surface area contributed by atoms with Crippen LogP contribution < -0.4 is 20.7 Å². The van der Waals surface area contributed by atoms with Crippen molar-refractivity contribution in [1.82, 2.24) is 10.6 Å². The van der Waals surface area contributed by atoms with Gasteiger partial charge in [0.1, 0.15) is 11.6 Å². The molecule has 3 unspecified atom stereocenters. The molecule has 2 aromatic rings. The average molecular weight is 522 g/mol. The third-order valence-corrected chi connectivity index (χ3v) is 7.92. The molecule has 2 saturated heterocycles. The Balaban J connectivity index is 1.45. The zero-order chi connectivity index (χ0) is 26.1. The summed E-state index contributed by atoms with van der Waals surface area (Å²) in [5.74, 6) is -0.251. The Kier molecular flexibility index (Phi) is 7.06. The molecule has 0 aromatic heterocycles. The number of alkyl halides is 3. The van der Waals surface area contributed by atoms with Crippen molar-refractivity contribution in [1.29, 1.82) is 0 Å². The number of rotatable bonds is 6. The van der Waals surface area contributed by atoms with Crippen molar-refractivity contribution < 1.29 is 31.8 Å². The van der Waals surface area contributed by atoms with E-state index in [4.69, 9.17) is 9.47 Å². The van der Waals surface area contributed by atoms with Gasteiger partial charge in [-0.1, -0.05) is 31.0 Å². The van der Waals surface area contributed by atoms with Crippen molar-refractivity contribution in [2.75, 3.05) is 18.5 Å². The molecule has 3 fully saturated rings. The van der Waals surface area contributed by atoms with Crippen molar-refractivity contribution in [3.05, 3.63) is 59.9 Å². The minimum Gasteiger partial charge on any atom is -0.472 e. The number of benzene rings is 2. The first kappa shape index (κ1) is 25.8. The molecule has 0 bridgehead atoms. The van der Waals surface area contributed by atoms with Gasteiger partial charge in [-0.15, -0.1) is 0 Å². The second-order valence-electron chi connectivity index (χ2n) is 10.1. The molecule has 37 heavy (non-hydrogen) atoms. The predicted molar refractivity (Wildman–Crippen MR) is 130 cm³/mol. The van der Waals surface area contributed by atoms with Crippen molar-refractivity contribution >= 4 is 11.7 Å². The molecule has 2 heterocycles. The highest BCUT2D eigenvalue weighted by Crippen LogP contribution is 2.53. The molecule has 0 radical (unpaired) electrons. The van der Waals surface area contributed by atoms with Crippen molar-refractivity contribution in [3.63, 3.8) is 0 Å². The standard InChI is InChI=1S/C27H31F4N3O3/c28-19-10-12-20(13-11-19)33-24(35)34-25(18-6-1-2-7-18)14-5-16-32-23(25)37-22-9-4-3-8-21(22)26(15-17-36-26)27(29,30)31/h3-4,8-13,18,23,32H,1-2,5-7,14-17H2,(H2,33,34,35). The fourth-order valence-electron chi connectivity index (χ4n) is 6.00. The highest BCUT2D eigenvalue weighted by Gasteiger charge is 2.63. The van der Waals surface area contributed by atoms with Gasteiger partial charge in [0.2, 0.25) is 0 Å². The Labute approximate surface area is 213 Å². The van der Waals surface area contributed by atoms with Crippen LogP contribution in [0.4, 0.5) is 28.0 Å². The maximum atomic E-state index is 14.1. The number of anilines is 1. The van der Waals surface area contributed by atoms with E-state index in [2.05, 4.69) is 16.0 Å². The number of hydrogen-bond acceptors (Lipinski definition) is 4. The molecular weight excluding hydrogens is 490 g/mol. The van der Waals surface area contributed by atoms with Crippen LogP contribution in [0.3, 0.4) is 0 Å². The number of hydrogen-bond donors (Lipinski definition) is 3. The summed E-state index contributed by atoms with van der Waals surface area (Å²) in [6.45, 7) is 0.621. The van der Waals surface area contributed by atoms with Crippen LogP contribution in [0.15, 0.2) is 48.5 Å². The molecule has 2 aliphatic heterocycles. The molecule has 3 atom stereocenters. The van der Waals surface area contributed by atoms with Gasteiger partial charge >= 0.3 is 12.2 Å². The number of carbonyl (C=O) groups is 1. The fraction of sp³-hybridized carbons (Fsp3) is 0.519. The summed E-state index contributed by atoms with van der Waals surface area (Å²) in [7, 11) is 0. The van der Waals surface area contributed by atoms with E-state index in [1.54, 1.807) is 12.1 Å². The topological polar surface area (TPSA) is 71.6 Å². The number of halogens is 4. The number of ether oxygens (including phenoxy) is 2. The zero-order valence-electron chi connectivity index (χ0n) is 20.4. The number of carbonyl (C=O) groups excluding carboxylic acids is 1. The van der Waals surface area contributed by atoms with Crippen LogP contribution in [-0.4, -0.2) is 37.1 Å². The second kappa shape index (κ2) is 10.1. The summed E-state index contributed by atoms with van der Waals surface area (Å²) < 4.78 is 67.2. The molecule has 1 aliphatic carbocycles. The van der Waals surface area contributed by atoms with E-state index in [9.17, 15) is 22.4 Å². The maximum absolute atomic E-state index is 14.1. The summed E-state index contributed by atoms with van der Waals surface area (Å²) in [5, 5.41) is 9.22. The SMILES string of the molecule is O=C(Nc1ccc(F)cc1)NC1(C2CCCC2)CCCNC1Oc1ccccc1C1(C(F)(F)F)CCO1. The van der Waals surface area contributed by atoms with Crippen LogP contribution in [0.5, 0.6) is 5.75 Å². The molecule has 3 aliphatic rings. The average Bonchev–Trinajstić information content (AvgIpc) is 3.37. The van der Waals surface area contributed by atoms with Crippen molar-refractivity contribution in [2.24, 2.45) is 5.92 Å². The van der Waals surface area contributed by atoms with Gasteiger partial charge in [0.25, 0.3) is 0 Å². The summed E-state index contributed by atoms with van der Waals surface area (Å²) >= 11 is 0. The summed E-state index contributed by atoms with van der Waals surface area (Å²) in [5.41, 5.74) is -2.88. The third-order valence-electron chi connectivity index (χ3n) is 7.92.